The molecule has 0 aliphatic heterocycles. The van der Waals surface area contributed by atoms with Crippen molar-refractivity contribution in [2.45, 2.75) is 82.7 Å². The van der Waals surface area contributed by atoms with Crippen molar-refractivity contribution in [1.82, 2.24) is 20.7 Å². The molecule has 4 rings (SSSR count). The lowest BCUT2D eigenvalue weighted by molar-refractivity contribution is -0.135. The molecule has 0 saturated heterocycles. The number of aromatic amines is 1. The summed E-state index contributed by atoms with van der Waals surface area (Å²) in [5, 5.41) is 5.83. The zero-order chi connectivity index (χ0) is 28.4. The van der Waals surface area contributed by atoms with E-state index in [9.17, 15) is 14.4 Å². The van der Waals surface area contributed by atoms with Crippen LogP contribution in [0.1, 0.15) is 77.2 Å². The number of amides is 2. The number of nitrogens with zero attached hydrogens (tertiary/aromatic N) is 1. The minimum absolute atomic E-state index is 0.0148. The van der Waals surface area contributed by atoms with Crippen LogP contribution in [-0.2, 0) is 14.4 Å². The summed E-state index contributed by atoms with van der Waals surface area (Å²) in [4.78, 5) is 43.7. The van der Waals surface area contributed by atoms with Crippen molar-refractivity contribution < 1.29 is 14.4 Å². The SMILES string of the molecule is CCC1(C(=O)NN(C)C)CC=C(C(=O)C2(NC(=O)C=CCC(C)(C)N)CC2c2c[nH]c3ccccc23)CCC1. The third-order valence-corrected chi connectivity index (χ3v) is 8.24. The number of rotatable bonds is 10. The Balaban J connectivity index is 1.63. The molecule has 1 saturated carbocycles. The molecular weight excluding hydrogens is 490 g/mol. The number of nitrogens with two attached hydrogens (primary N) is 1. The second-order valence-corrected chi connectivity index (χ2v) is 12.2. The normalized spacial score (nSPS) is 25.4. The van der Waals surface area contributed by atoms with Crippen LogP contribution in [0.5, 0.6) is 0 Å². The number of ketones is 1. The fraction of sp³-hybridized carbons (Fsp3) is 0.516. The van der Waals surface area contributed by atoms with Crippen molar-refractivity contribution in [1.29, 1.82) is 0 Å². The van der Waals surface area contributed by atoms with Gasteiger partial charge in [-0.15, -0.1) is 0 Å². The molecule has 0 radical (unpaired) electrons. The Morgan fingerprint density at radius 1 is 1.23 bits per heavy atom. The molecule has 2 aromatic rings. The maximum atomic E-state index is 14.2. The lowest BCUT2D eigenvalue weighted by Gasteiger charge is -2.31. The van der Waals surface area contributed by atoms with Gasteiger partial charge in [0, 0.05) is 42.7 Å². The van der Waals surface area contributed by atoms with Crippen LogP contribution in [0.2, 0.25) is 0 Å². The van der Waals surface area contributed by atoms with Crippen LogP contribution in [0.3, 0.4) is 0 Å². The van der Waals surface area contributed by atoms with E-state index in [1.807, 2.05) is 57.3 Å². The van der Waals surface area contributed by atoms with E-state index in [0.29, 0.717) is 44.1 Å². The number of hydrogen-bond acceptors (Lipinski definition) is 5. The number of benzene rings is 1. The van der Waals surface area contributed by atoms with Crippen molar-refractivity contribution in [2.24, 2.45) is 11.1 Å². The fourth-order valence-corrected chi connectivity index (χ4v) is 5.84. The lowest BCUT2D eigenvalue weighted by Crippen LogP contribution is -2.46. The molecule has 1 aromatic heterocycles. The highest BCUT2D eigenvalue weighted by Crippen LogP contribution is 2.55. The third-order valence-electron chi connectivity index (χ3n) is 8.24. The number of fused-ring (bicyclic) bond motifs is 1. The maximum Gasteiger partial charge on any atom is 0.244 e. The molecule has 8 nitrogen and oxygen atoms in total. The molecule has 0 bridgehead atoms. The Kier molecular flexibility index (Phi) is 8.19. The number of hydrogen-bond donors (Lipinski definition) is 4. The van der Waals surface area contributed by atoms with E-state index in [-0.39, 0.29) is 23.5 Å². The van der Waals surface area contributed by atoms with Crippen molar-refractivity contribution >= 4 is 28.5 Å². The first kappa shape index (κ1) is 28.8. The second-order valence-electron chi connectivity index (χ2n) is 12.2. The highest BCUT2D eigenvalue weighted by atomic mass is 16.2. The monoisotopic (exact) mass is 533 g/mol. The van der Waals surface area contributed by atoms with Crippen LogP contribution >= 0.6 is 0 Å². The van der Waals surface area contributed by atoms with E-state index < -0.39 is 16.5 Å². The lowest BCUT2D eigenvalue weighted by atomic mass is 9.77. The molecule has 0 spiro atoms. The first-order valence-corrected chi connectivity index (χ1v) is 14.0. The molecule has 3 unspecified atom stereocenters. The zero-order valence-electron chi connectivity index (χ0n) is 23.9. The first-order chi connectivity index (χ1) is 18.4. The number of allylic oxidation sites excluding steroid dienone is 1. The van der Waals surface area contributed by atoms with Crippen LogP contribution < -0.4 is 16.5 Å². The molecule has 2 aliphatic carbocycles. The van der Waals surface area contributed by atoms with Gasteiger partial charge < -0.3 is 16.0 Å². The van der Waals surface area contributed by atoms with Crippen LogP contribution in [-0.4, -0.2) is 52.8 Å². The average Bonchev–Trinajstić information content (AvgIpc) is 3.49. The number of carbonyl (C=O) groups excluding carboxylic acids is 3. The summed E-state index contributed by atoms with van der Waals surface area (Å²) >= 11 is 0. The van der Waals surface area contributed by atoms with Crippen molar-refractivity contribution in [3.05, 3.63) is 59.8 Å². The molecule has 2 aliphatic rings. The van der Waals surface area contributed by atoms with Crippen LogP contribution in [0.4, 0.5) is 0 Å². The van der Waals surface area contributed by atoms with Gasteiger partial charge in [0.25, 0.3) is 0 Å². The number of carbonyl (C=O) groups is 3. The number of nitrogens with one attached hydrogen (secondary N) is 3. The molecular formula is C31H43N5O3. The van der Waals surface area contributed by atoms with E-state index in [0.717, 1.165) is 22.9 Å². The average molecular weight is 534 g/mol. The number of Topliss-reactive ketones (excluding diaryl/α,β-unsaturated/α-hetero) is 1. The van der Waals surface area contributed by atoms with Crippen molar-refractivity contribution in [3.63, 3.8) is 0 Å². The molecule has 1 heterocycles. The van der Waals surface area contributed by atoms with Gasteiger partial charge in [0.1, 0.15) is 5.54 Å². The predicted octanol–water partition coefficient (Wildman–Crippen LogP) is 4.25. The summed E-state index contributed by atoms with van der Waals surface area (Å²) in [5.41, 5.74) is 9.74. The van der Waals surface area contributed by atoms with Gasteiger partial charge in [0.15, 0.2) is 5.78 Å². The number of hydrazine groups is 1. The van der Waals surface area contributed by atoms with Crippen LogP contribution in [0.25, 0.3) is 10.9 Å². The summed E-state index contributed by atoms with van der Waals surface area (Å²) in [7, 11) is 3.60. The fourth-order valence-electron chi connectivity index (χ4n) is 5.84. The largest absolute Gasteiger partial charge is 0.361 e. The molecule has 1 fully saturated rings. The highest BCUT2D eigenvalue weighted by Gasteiger charge is 2.62. The Morgan fingerprint density at radius 3 is 2.67 bits per heavy atom. The molecule has 1 aromatic carbocycles. The van der Waals surface area contributed by atoms with Crippen molar-refractivity contribution in [3.8, 4) is 0 Å². The summed E-state index contributed by atoms with van der Waals surface area (Å²) in [5.74, 6) is -0.489. The van der Waals surface area contributed by atoms with Gasteiger partial charge in [-0.2, -0.15) is 0 Å². The molecule has 39 heavy (non-hydrogen) atoms. The van der Waals surface area contributed by atoms with E-state index in [1.54, 1.807) is 25.2 Å². The summed E-state index contributed by atoms with van der Waals surface area (Å²) in [6.45, 7) is 5.84. The van der Waals surface area contributed by atoms with Gasteiger partial charge in [-0.05, 0) is 82.1 Å². The Labute approximate surface area is 231 Å². The van der Waals surface area contributed by atoms with Crippen molar-refractivity contribution in [2.75, 3.05) is 14.1 Å². The minimum atomic E-state index is -1.01. The Hall–Kier alpha value is -3.23. The number of H-pyrrole nitrogens is 1. The minimum Gasteiger partial charge on any atom is -0.361 e. The Morgan fingerprint density at radius 2 is 1.97 bits per heavy atom. The molecule has 5 N–H and O–H groups in total. The van der Waals surface area contributed by atoms with Gasteiger partial charge in [0.05, 0.1) is 5.41 Å². The number of aromatic nitrogens is 1. The van der Waals surface area contributed by atoms with E-state index in [4.69, 9.17) is 5.73 Å². The Bertz CT molecular complexity index is 1300. The first-order valence-electron chi connectivity index (χ1n) is 14.0. The third kappa shape index (κ3) is 6.17. The second kappa shape index (κ2) is 11.1. The molecule has 210 valence electrons. The summed E-state index contributed by atoms with van der Waals surface area (Å²) in [6.07, 6.45) is 11.5. The highest BCUT2D eigenvalue weighted by molar-refractivity contribution is 6.09. The van der Waals surface area contributed by atoms with E-state index >= 15 is 0 Å². The maximum absolute atomic E-state index is 14.2. The summed E-state index contributed by atoms with van der Waals surface area (Å²) < 4.78 is 0. The van der Waals surface area contributed by atoms with Gasteiger partial charge in [-0.1, -0.05) is 37.3 Å². The van der Waals surface area contributed by atoms with Crippen LogP contribution in [0, 0.1) is 5.41 Å². The van der Waals surface area contributed by atoms with Gasteiger partial charge in [0.2, 0.25) is 11.8 Å². The van der Waals surface area contributed by atoms with Gasteiger partial charge >= 0.3 is 0 Å². The molecule has 2 amide bonds. The molecule has 8 heteroatoms. The van der Waals surface area contributed by atoms with E-state index in [1.165, 1.54) is 6.08 Å². The van der Waals surface area contributed by atoms with Crippen LogP contribution in [0.15, 0.2) is 54.3 Å². The topological polar surface area (TPSA) is 120 Å². The smallest absolute Gasteiger partial charge is 0.244 e. The quantitative estimate of drug-likeness (QED) is 0.269. The predicted molar refractivity (Wildman–Crippen MR) is 155 cm³/mol. The number of para-hydroxylation sites is 1. The zero-order valence-corrected chi connectivity index (χ0v) is 23.9. The molecule has 3 atom stereocenters. The van der Waals surface area contributed by atoms with Gasteiger partial charge in [-0.25, -0.2) is 5.01 Å². The summed E-state index contributed by atoms with van der Waals surface area (Å²) in [6, 6.07) is 8.02. The standard InChI is InChI=1S/C31H43N5O3/c1-6-30(28(39)35-36(4)5)17-9-11-21(15-18-30)27(38)31(34-26(37)14-10-16-29(2,3)32)19-24(31)23-20-33-25-13-8-7-12-22(23)25/h7-8,10,12-15,20,24,33H,6,9,11,16-19,32H2,1-5H3,(H,34,37)(H,35,39). The van der Waals surface area contributed by atoms with Gasteiger partial charge in [-0.3, -0.25) is 19.8 Å². The van der Waals surface area contributed by atoms with E-state index in [2.05, 4.69) is 15.7 Å².